The third kappa shape index (κ3) is 5.29. The molecule has 3 N–H and O–H groups in total. The van der Waals surface area contributed by atoms with Crippen LogP contribution < -0.4 is 10.5 Å². The third-order valence-electron chi connectivity index (χ3n) is 5.99. The molecule has 3 heterocycles. The van der Waals surface area contributed by atoms with Gasteiger partial charge in [0.1, 0.15) is 34.2 Å². The van der Waals surface area contributed by atoms with E-state index in [0.717, 1.165) is 11.1 Å². The number of benzene rings is 2. The van der Waals surface area contributed by atoms with Gasteiger partial charge in [0.05, 0.1) is 6.61 Å². The number of primary amides is 1. The number of ether oxygens (including phenoxy) is 2. The predicted molar refractivity (Wildman–Crippen MR) is 141 cm³/mol. The molecule has 5 rings (SSSR count). The number of H-pyrrole nitrogens is 1. The van der Waals surface area contributed by atoms with Gasteiger partial charge < -0.3 is 20.2 Å². The van der Waals surface area contributed by atoms with E-state index in [1.165, 1.54) is 10.4 Å². The summed E-state index contributed by atoms with van der Waals surface area (Å²) in [6.07, 6.45) is 1.14. The summed E-state index contributed by atoms with van der Waals surface area (Å²) in [6.45, 7) is 0.438. The van der Waals surface area contributed by atoms with Crippen LogP contribution in [0.3, 0.4) is 0 Å². The minimum Gasteiger partial charge on any atom is -0.491 e. The summed E-state index contributed by atoms with van der Waals surface area (Å²) in [4.78, 5) is 18.8. The molecule has 1 aliphatic rings. The van der Waals surface area contributed by atoms with Crippen molar-refractivity contribution in [1.82, 2.24) is 14.3 Å². The minimum atomic E-state index is -4.11. The lowest BCUT2D eigenvalue weighted by atomic mass is 10.1. The van der Waals surface area contributed by atoms with Gasteiger partial charge in [0.15, 0.2) is 0 Å². The molecule has 192 valence electrons. The number of fused-ring (bicyclic) bond motifs is 1. The van der Waals surface area contributed by atoms with Crippen LogP contribution in [-0.2, 0) is 14.8 Å². The molecule has 4 aromatic rings. The standard InChI is InChI=1S/C25H22Cl2N4O5S/c26-17-5-6-21-20(11-17)24(23(30-21)25(28)32)37(33,34)31-8-9-35-19(13-31)14-36-18-3-1-2-15(10-18)16-4-7-22(27)29-12-16/h1-7,10-12,19,30H,8-9,13-14H2,(H2,28,32). The lowest BCUT2D eigenvalue weighted by Crippen LogP contribution is -2.47. The second-order valence-electron chi connectivity index (χ2n) is 8.45. The van der Waals surface area contributed by atoms with Gasteiger partial charge in [0.25, 0.3) is 5.91 Å². The maximum absolute atomic E-state index is 13.7. The van der Waals surface area contributed by atoms with Crippen LogP contribution in [0.5, 0.6) is 5.75 Å². The average molecular weight is 561 g/mol. The molecular weight excluding hydrogens is 539 g/mol. The van der Waals surface area contributed by atoms with Gasteiger partial charge in [0.2, 0.25) is 10.0 Å². The van der Waals surface area contributed by atoms with Crippen LogP contribution in [0.25, 0.3) is 22.0 Å². The molecule has 2 aromatic heterocycles. The summed E-state index contributed by atoms with van der Waals surface area (Å²) in [7, 11) is -4.11. The molecule has 0 radical (unpaired) electrons. The number of carbonyl (C=O) groups is 1. The number of pyridine rings is 1. The number of halogens is 2. The average Bonchev–Trinajstić information content (AvgIpc) is 3.28. The highest BCUT2D eigenvalue weighted by molar-refractivity contribution is 7.89. The van der Waals surface area contributed by atoms with Crippen LogP contribution in [0, 0.1) is 0 Å². The van der Waals surface area contributed by atoms with Crippen LogP contribution in [0.15, 0.2) is 65.7 Å². The van der Waals surface area contributed by atoms with E-state index in [1.54, 1.807) is 30.5 Å². The van der Waals surface area contributed by atoms with E-state index in [4.69, 9.17) is 38.4 Å². The summed E-state index contributed by atoms with van der Waals surface area (Å²) in [5.74, 6) is -0.284. The van der Waals surface area contributed by atoms with Crippen molar-refractivity contribution < 1.29 is 22.7 Å². The molecule has 9 nitrogen and oxygen atoms in total. The SMILES string of the molecule is NC(=O)c1[nH]c2ccc(Cl)cc2c1S(=O)(=O)N1CCOC(COc2cccc(-c3ccc(Cl)nc3)c2)C1. The van der Waals surface area contributed by atoms with Crippen molar-refractivity contribution in [2.24, 2.45) is 5.73 Å². The van der Waals surface area contributed by atoms with Crippen molar-refractivity contribution >= 4 is 50.0 Å². The molecule has 1 atom stereocenters. The Hall–Kier alpha value is -3.15. The van der Waals surface area contributed by atoms with Gasteiger partial charge in [-0.3, -0.25) is 4.79 Å². The Labute approximate surface area is 223 Å². The van der Waals surface area contributed by atoms with E-state index in [-0.39, 0.29) is 36.9 Å². The van der Waals surface area contributed by atoms with E-state index < -0.39 is 22.0 Å². The molecule has 1 aliphatic heterocycles. The fourth-order valence-corrected chi connectivity index (χ4v) is 6.30. The third-order valence-corrected chi connectivity index (χ3v) is 8.40. The Morgan fingerprint density at radius 1 is 1.16 bits per heavy atom. The fraction of sp³-hybridized carbons (Fsp3) is 0.200. The first-order valence-corrected chi connectivity index (χ1v) is 13.5. The van der Waals surface area contributed by atoms with Gasteiger partial charge in [-0.15, -0.1) is 0 Å². The van der Waals surface area contributed by atoms with Crippen molar-refractivity contribution in [2.75, 3.05) is 26.3 Å². The second kappa shape index (κ2) is 10.3. The topological polar surface area (TPSA) is 128 Å². The van der Waals surface area contributed by atoms with Crippen LogP contribution in [0.2, 0.25) is 10.2 Å². The zero-order valence-electron chi connectivity index (χ0n) is 19.4. The summed E-state index contributed by atoms with van der Waals surface area (Å²) in [6, 6.07) is 15.7. The van der Waals surface area contributed by atoms with Crippen molar-refractivity contribution in [1.29, 1.82) is 0 Å². The number of amides is 1. The molecule has 0 aliphatic carbocycles. The smallest absolute Gasteiger partial charge is 0.266 e. The van der Waals surface area contributed by atoms with E-state index in [2.05, 4.69) is 9.97 Å². The van der Waals surface area contributed by atoms with E-state index >= 15 is 0 Å². The Balaban J connectivity index is 1.34. The van der Waals surface area contributed by atoms with Gasteiger partial charge in [-0.2, -0.15) is 4.31 Å². The highest BCUT2D eigenvalue weighted by Gasteiger charge is 2.36. The molecule has 1 fully saturated rings. The molecule has 2 aromatic carbocycles. The molecule has 1 saturated heterocycles. The number of sulfonamides is 1. The molecule has 37 heavy (non-hydrogen) atoms. The summed E-state index contributed by atoms with van der Waals surface area (Å²) in [5.41, 5.74) is 7.53. The normalized spacial score (nSPS) is 16.6. The Morgan fingerprint density at radius 3 is 2.76 bits per heavy atom. The zero-order chi connectivity index (χ0) is 26.2. The second-order valence-corrected chi connectivity index (χ2v) is 11.1. The number of morpholine rings is 1. The van der Waals surface area contributed by atoms with Crippen LogP contribution in [0.1, 0.15) is 10.5 Å². The first kappa shape index (κ1) is 25.5. The van der Waals surface area contributed by atoms with Crippen molar-refractivity contribution in [3.63, 3.8) is 0 Å². The Bertz CT molecular complexity index is 1570. The number of rotatable bonds is 7. The zero-order valence-corrected chi connectivity index (χ0v) is 21.7. The molecule has 0 bridgehead atoms. The lowest BCUT2D eigenvalue weighted by Gasteiger charge is -2.32. The van der Waals surface area contributed by atoms with Crippen molar-refractivity contribution in [2.45, 2.75) is 11.0 Å². The predicted octanol–water partition coefficient (Wildman–Crippen LogP) is 4.10. The van der Waals surface area contributed by atoms with Crippen LogP contribution in [-0.4, -0.2) is 61.0 Å². The quantitative estimate of drug-likeness (QED) is 0.327. The molecule has 12 heteroatoms. The number of aromatic nitrogens is 2. The van der Waals surface area contributed by atoms with Crippen molar-refractivity contribution in [3.8, 4) is 16.9 Å². The fourth-order valence-electron chi connectivity index (χ4n) is 4.22. The number of hydrogen-bond donors (Lipinski definition) is 2. The van der Waals surface area contributed by atoms with Gasteiger partial charge in [-0.05, 0) is 48.0 Å². The van der Waals surface area contributed by atoms with E-state index in [1.807, 2.05) is 24.3 Å². The molecule has 1 unspecified atom stereocenters. The molecule has 1 amide bonds. The number of nitrogens with zero attached hydrogens (tertiary/aromatic N) is 2. The monoisotopic (exact) mass is 560 g/mol. The van der Waals surface area contributed by atoms with E-state index in [0.29, 0.717) is 26.8 Å². The number of carbonyl (C=O) groups excluding carboxylic acids is 1. The molecule has 0 saturated carbocycles. The number of nitrogens with two attached hydrogens (primary N) is 1. The number of nitrogens with one attached hydrogen (secondary N) is 1. The Morgan fingerprint density at radius 2 is 2.00 bits per heavy atom. The largest absolute Gasteiger partial charge is 0.491 e. The highest BCUT2D eigenvalue weighted by Crippen LogP contribution is 2.32. The first-order chi connectivity index (χ1) is 17.7. The van der Waals surface area contributed by atoms with Gasteiger partial charge in [-0.1, -0.05) is 35.3 Å². The summed E-state index contributed by atoms with van der Waals surface area (Å²) in [5, 5.41) is 1.04. The summed E-state index contributed by atoms with van der Waals surface area (Å²) < 4.78 is 40.4. The van der Waals surface area contributed by atoms with Gasteiger partial charge in [-0.25, -0.2) is 13.4 Å². The summed E-state index contributed by atoms with van der Waals surface area (Å²) >= 11 is 12.0. The first-order valence-electron chi connectivity index (χ1n) is 11.3. The lowest BCUT2D eigenvalue weighted by molar-refractivity contribution is -0.0249. The number of aromatic amines is 1. The number of hydrogen-bond acceptors (Lipinski definition) is 6. The maximum atomic E-state index is 13.7. The maximum Gasteiger partial charge on any atom is 0.266 e. The highest BCUT2D eigenvalue weighted by atomic mass is 35.5. The van der Waals surface area contributed by atoms with E-state index in [9.17, 15) is 13.2 Å². The van der Waals surface area contributed by atoms with Crippen LogP contribution in [0.4, 0.5) is 0 Å². The minimum absolute atomic E-state index is 0.0363. The van der Waals surface area contributed by atoms with Crippen LogP contribution >= 0.6 is 23.2 Å². The molecular formula is C25H22Cl2N4O5S. The van der Waals surface area contributed by atoms with Gasteiger partial charge in [0, 0.05) is 40.8 Å². The van der Waals surface area contributed by atoms with Crippen molar-refractivity contribution in [3.05, 3.63) is 76.7 Å². The Kier molecular flexibility index (Phi) is 7.11. The molecule has 0 spiro atoms. The van der Waals surface area contributed by atoms with Gasteiger partial charge >= 0.3 is 0 Å².